The third-order valence-electron chi connectivity index (χ3n) is 1.11. The molecule has 3 heteroatoms. The van der Waals surface area contributed by atoms with Crippen molar-refractivity contribution in [3.8, 4) is 0 Å². The zero-order valence-electron chi connectivity index (χ0n) is 6.63. The summed E-state index contributed by atoms with van der Waals surface area (Å²) in [5, 5.41) is -0.492. The number of thiol groups is 1. The minimum Gasteiger partial charge on any atom is -0.455 e. The number of rotatable bonds is 3. The van der Waals surface area contributed by atoms with Gasteiger partial charge < -0.3 is 4.74 Å². The molecule has 1 unspecified atom stereocenters. The third kappa shape index (κ3) is 5.95. The highest BCUT2D eigenvalue weighted by Gasteiger charge is 2.07. The Morgan fingerprint density at radius 3 is 2.30 bits per heavy atom. The van der Waals surface area contributed by atoms with E-state index in [0.29, 0.717) is 5.92 Å². The third-order valence-corrected chi connectivity index (χ3v) is 1.21. The second-order valence-corrected chi connectivity index (χ2v) is 3.19. The summed E-state index contributed by atoms with van der Waals surface area (Å²) in [6.07, 6.45) is 0.886. The number of carbonyl (C=O) groups excluding carboxylic acids is 1. The molecule has 0 aromatic heterocycles. The maximum atomic E-state index is 10.3. The van der Waals surface area contributed by atoms with E-state index >= 15 is 0 Å². The zero-order valence-corrected chi connectivity index (χ0v) is 7.52. The van der Waals surface area contributed by atoms with Crippen molar-refractivity contribution >= 4 is 17.9 Å². The van der Waals surface area contributed by atoms with Gasteiger partial charge in [-0.2, -0.15) is 0 Å². The Kier molecular flexibility index (Phi) is 4.52. The fourth-order valence-electron chi connectivity index (χ4n) is 0.884. The van der Waals surface area contributed by atoms with Crippen molar-refractivity contribution < 1.29 is 9.53 Å². The first kappa shape index (κ1) is 9.82. The van der Waals surface area contributed by atoms with E-state index in [9.17, 15) is 4.79 Å². The molecule has 0 radical (unpaired) electrons. The van der Waals surface area contributed by atoms with E-state index in [1.165, 1.54) is 0 Å². The summed E-state index contributed by atoms with van der Waals surface area (Å²) in [5.74, 6) is 0.558. The van der Waals surface area contributed by atoms with Crippen LogP contribution < -0.4 is 0 Å². The smallest absolute Gasteiger partial charge is 0.364 e. The molecule has 0 fully saturated rings. The molecule has 1 atom stereocenters. The summed E-state index contributed by atoms with van der Waals surface area (Å²) >= 11 is 3.50. The van der Waals surface area contributed by atoms with E-state index in [-0.39, 0.29) is 6.10 Å². The molecule has 0 amide bonds. The molecule has 0 aliphatic carbocycles. The Labute approximate surface area is 67.4 Å². The van der Waals surface area contributed by atoms with Crippen molar-refractivity contribution in [1.82, 2.24) is 0 Å². The van der Waals surface area contributed by atoms with Gasteiger partial charge in [0.15, 0.2) is 0 Å². The van der Waals surface area contributed by atoms with Gasteiger partial charge in [-0.05, 0) is 19.3 Å². The van der Waals surface area contributed by atoms with Crippen LogP contribution in [0.25, 0.3) is 0 Å². The highest BCUT2D eigenvalue weighted by Crippen LogP contribution is 2.08. The number of hydrogen-bond acceptors (Lipinski definition) is 2. The van der Waals surface area contributed by atoms with Gasteiger partial charge in [0.25, 0.3) is 0 Å². The molecule has 0 aliphatic rings. The van der Waals surface area contributed by atoms with Crippen molar-refractivity contribution in [2.45, 2.75) is 33.3 Å². The molecule has 0 bridgehead atoms. The normalized spacial score (nSPS) is 13.3. The van der Waals surface area contributed by atoms with Crippen molar-refractivity contribution in [3.05, 3.63) is 0 Å². The summed E-state index contributed by atoms with van der Waals surface area (Å²) in [6, 6.07) is 0. The average molecular weight is 162 g/mol. The van der Waals surface area contributed by atoms with Crippen LogP contribution in [0.1, 0.15) is 27.2 Å². The first-order valence-corrected chi connectivity index (χ1v) is 3.86. The molecular weight excluding hydrogens is 148 g/mol. The van der Waals surface area contributed by atoms with Crippen LogP contribution in [0.4, 0.5) is 4.79 Å². The highest BCUT2D eigenvalue weighted by molar-refractivity contribution is 7.96. The van der Waals surface area contributed by atoms with Gasteiger partial charge in [-0.3, -0.25) is 0 Å². The summed E-state index contributed by atoms with van der Waals surface area (Å²) in [5.41, 5.74) is 0. The van der Waals surface area contributed by atoms with E-state index in [1.807, 2.05) is 6.92 Å². The Balaban J connectivity index is 3.43. The molecule has 0 saturated carbocycles. The predicted octanol–water partition coefficient (Wildman–Crippen LogP) is 2.49. The quantitative estimate of drug-likeness (QED) is 0.509. The van der Waals surface area contributed by atoms with Gasteiger partial charge in [-0.15, -0.1) is 0 Å². The standard InChI is InChI=1S/C7H14O2S/c1-5(2)4-6(3)9-7(8)10/h5-6H,4H2,1-3H3,(H,8,10). The Morgan fingerprint density at radius 1 is 1.50 bits per heavy atom. The van der Waals surface area contributed by atoms with Crippen LogP contribution in [-0.4, -0.2) is 11.4 Å². The van der Waals surface area contributed by atoms with Gasteiger partial charge in [0.1, 0.15) is 6.10 Å². The fraction of sp³-hybridized carbons (Fsp3) is 0.857. The number of ether oxygens (including phenoxy) is 1. The van der Waals surface area contributed by atoms with E-state index in [1.54, 1.807) is 0 Å². The van der Waals surface area contributed by atoms with Gasteiger partial charge >= 0.3 is 5.30 Å². The number of carbonyl (C=O) groups is 1. The molecule has 10 heavy (non-hydrogen) atoms. The van der Waals surface area contributed by atoms with Gasteiger partial charge in [-0.25, -0.2) is 4.79 Å². The topological polar surface area (TPSA) is 26.3 Å². The van der Waals surface area contributed by atoms with Gasteiger partial charge in [-0.1, -0.05) is 26.5 Å². The monoisotopic (exact) mass is 162 g/mol. The summed E-state index contributed by atoms with van der Waals surface area (Å²) in [7, 11) is 0. The molecule has 0 heterocycles. The van der Waals surface area contributed by atoms with E-state index in [0.717, 1.165) is 6.42 Å². The first-order valence-electron chi connectivity index (χ1n) is 3.42. The largest absolute Gasteiger partial charge is 0.455 e. The Hall–Kier alpha value is -0.180. The first-order chi connectivity index (χ1) is 4.52. The van der Waals surface area contributed by atoms with Crippen molar-refractivity contribution in [2.24, 2.45) is 5.92 Å². The van der Waals surface area contributed by atoms with Gasteiger partial charge in [0.05, 0.1) is 0 Å². The molecule has 0 spiro atoms. The molecule has 0 saturated heterocycles. The zero-order chi connectivity index (χ0) is 8.15. The van der Waals surface area contributed by atoms with Crippen LogP contribution in [0.3, 0.4) is 0 Å². The second-order valence-electron chi connectivity index (χ2n) is 2.82. The SMILES string of the molecule is CC(C)CC(C)OC(=O)S. The number of hydrogen-bond donors (Lipinski definition) is 1. The molecule has 0 aromatic rings. The Bertz CT molecular complexity index is 112. The maximum absolute atomic E-state index is 10.3. The summed E-state index contributed by atoms with van der Waals surface area (Å²) in [6.45, 7) is 6.04. The Morgan fingerprint density at radius 2 is 2.00 bits per heavy atom. The molecule has 2 nitrogen and oxygen atoms in total. The van der Waals surface area contributed by atoms with Crippen LogP contribution in [0, 0.1) is 5.92 Å². The minimum absolute atomic E-state index is 0.00926. The summed E-state index contributed by atoms with van der Waals surface area (Å²) in [4.78, 5) is 10.3. The molecule has 0 aromatic carbocycles. The van der Waals surface area contributed by atoms with E-state index in [2.05, 4.69) is 26.5 Å². The predicted molar refractivity (Wildman–Crippen MR) is 44.4 cm³/mol. The molecular formula is C7H14O2S. The highest BCUT2D eigenvalue weighted by atomic mass is 32.1. The van der Waals surface area contributed by atoms with Crippen molar-refractivity contribution in [3.63, 3.8) is 0 Å². The molecule has 0 rings (SSSR count). The van der Waals surface area contributed by atoms with Crippen LogP contribution in [0.2, 0.25) is 0 Å². The summed E-state index contributed by atoms with van der Waals surface area (Å²) < 4.78 is 4.79. The van der Waals surface area contributed by atoms with Crippen LogP contribution in [-0.2, 0) is 4.74 Å². The molecule has 0 aliphatic heterocycles. The van der Waals surface area contributed by atoms with Crippen molar-refractivity contribution in [2.75, 3.05) is 0 Å². The van der Waals surface area contributed by atoms with Crippen molar-refractivity contribution in [1.29, 1.82) is 0 Å². The lowest BCUT2D eigenvalue weighted by molar-refractivity contribution is 0.120. The second kappa shape index (κ2) is 4.61. The maximum Gasteiger partial charge on any atom is 0.364 e. The van der Waals surface area contributed by atoms with Crippen LogP contribution in [0.15, 0.2) is 0 Å². The lowest BCUT2D eigenvalue weighted by Gasteiger charge is -2.12. The fourth-order valence-corrected chi connectivity index (χ4v) is 1.06. The molecule has 60 valence electrons. The van der Waals surface area contributed by atoms with Crippen LogP contribution >= 0.6 is 12.6 Å². The lowest BCUT2D eigenvalue weighted by atomic mass is 10.1. The van der Waals surface area contributed by atoms with Gasteiger partial charge in [0.2, 0.25) is 0 Å². The van der Waals surface area contributed by atoms with Gasteiger partial charge in [0, 0.05) is 0 Å². The van der Waals surface area contributed by atoms with Crippen LogP contribution in [0.5, 0.6) is 0 Å². The van der Waals surface area contributed by atoms with E-state index < -0.39 is 5.30 Å². The lowest BCUT2D eigenvalue weighted by Crippen LogP contribution is -2.12. The average Bonchev–Trinajstić information content (AvgIpc) is 1.58. The van der Waals surface area contributed by atoms with E-state index in [4.69, 9.17) is 4.74 Å². The minimum atomic E-state index is -0.492. The molecule has 0 N–H and O–H groups in total.